The Bertz CT molecular complexity index is 1340. The average Bonchev–Trinajstić information content (AvgIpc) is 3.31. The molecule has 4 aromatic rings. The van der Waals surface area contributed by atoms with E-state index in [9.17, 15) is 4.79 Å². The minimum atomic E-state index is -0.181. The fourth-order valence-electron chi connectivity index (χ4n) is 3.96. The molecule has 0 atom stereocenters. The van der Waals surface area contributed by atoms with Crippen LogP contribution in [-0.4, -0.2) is 22.7 Å². The van der Waals surface area contributed by atoms with Crippen LogP contribution in [0.25, 0.3) is 17.0 Å². The van der Waals surface area contributed by atoms with E-state index in [4.69, 9.17) is 17.0 Å². The molecule has 1 aliphatic rings. The van der Waals surface area contributed by atoms with Crippen molar-refractivity contribution in [2.45, 2.75) is 6.54 Å². The molecule has 1 aliphatic heterocycles. The number of thiocarbonyl (C=S) groups is 1. The summed E-state index contributed by atoms with van der Waals surface area (Å²) >= 11 is 5.46. The van der Waals surface area contributed by atoms with E-state index in [2.05, 4.69) is 40.3 Å². The minimum Gasteiger partial charge on any atom is -0.497 e. The Kier molecular flexibility index (Phi) is 5.21. The zero-order chi connectivity index (χ0) is 22.1. The van der Waals surface area contributed by atoms with E-state index >= 15 is 0 Å². The molecule has 0 radical (unpaired) electrons. The first kappa shape index (κ1) is 20.0. The summed E-state index contributed by atoms with van der Waals surface area (Å²) in [5.74, 6) is 0.543. The van der Waals surface area contributed by atoms with Crippen molar-refractivity contribution in [3.8, 4) is 5.75 Å². The zero-order valence-electron chi connectivity index (χ0n) is 17.5. The van der Waals surface area contributed by atoms with Crippen LogP contribution in [0, 0.1) is 0 Å². The van der Waals surface area contributed by atoms with E-state index in [1.165, 1.54) is 10.5 Å². The van der Waals surface area contributed by atoms with Crippen LogP contribution < -0.4 is 15.0 Å². The molecular formula is C26H21N3O2S. The second-order valence-electron chi connectivity index (χ2n) is 7.54. The molecule has 5 rings (SSSR count). The van der Waals surface area contributed by atoms with Gasteiger partial charge in [0, 0.05) is 29.2 Å². The van der Waals surface area contributed by atoms with Gasteiger partial charge in [0.2, 0.25) is 0 Å². The molecule has 0 aliphatic carbocycles. The minimum absolute atomic E-state index is 0.181. The normalized spacial score (nSPS) is 14.9. The number of nitrogens with one attached hydrogen (secondary N) is 1. The van der Waals surface area contributed by atoms with Crippen molar-refractivity contribution < 1.29 is 9.53 Å². The third kappa shape index (κ3) is 3.65. The van der Waals surface area contributed by atoms with Gasteiger partial charge in [-0.1, -0.05) is 48.5 Å². The van der Waals surface area contributed by atoms with Gasteiger partial charge in [-0.2, -0.15) is 0 Å². The standard InChI is InChI=1S/C26H21N3O2S/c1-31-21-13-11-20(12-14-21)29-25(30)23(27-26(29)32)15-19-17-28(16-18-7-3-2-4-8-18)24-10-6-5-9-22(19)24/h2-15,17H,16H2,1H3,(H,27,32). The molecule has 3 aromatic carbocycles. The molecule has 0 spiro atoms. The SMILES string of the molecule is COc1ccc(N2C(=O)C(=Cc3cn(Cc4ccccc4)c4ccccc34)NC2=S)cc1. The molecule has 0 unspecified atom stereocenters. The van der Waals surface area contributed by atoms with Crippen molar-refractivity contribution in [3.63, 3.8) is 0 Å². The lowest BCUT2D eigenvalue weighted by molar-refractivity contribution is -0.113. The van der Waals surface area contributed by atoms with Crippen LogP contribution in [0.1, 0.15) is 11.1 Å². The topological polar surface area (TPSA) is 46.5 Å². The number of fused-ring (bicyclic) bond motifs is 1. The summed E-state index contributed by atoms with van der Waals surface area (Å²) in [6, 6.07) is 25.8. The van der Waals surface area contributed by atoms with E-state index < -0.39 is 0 Å². The maximum atomic E-state index is 13.2. The van der Waals surface area contributed by atoms with Crippen LogP contribution >= 0.6 is 12.2 Å². The van der Waals surface area contributed by atoms with Gasteiger partial charge in [-0.05, 0) is 54.2 Å². The van der Waals surface area contributed by atoms with Crippen molar-refractivity contribution in [1.29, 1.82) is 0 Å². The second kappa shape index (κ2) is 8.32. The molecule has 1 fully saturated rings. The summed E-state index contributed by atoms with van der Waals surface area (Å²) in [5, 5.41) is 4.52. The third-order valence-electron chi connectivity index (χ3n) is 5.52. The molecule has 32 heavy (non-hydrogen) atoms. The predicted molar refractivity (Wildman–Crippen MR) is 132 cm³/mol. The number of rotatable bonds is 5. The van der Waals surface area contributed by atoms with Crippen LogP contribution in [-0.2, 0) is 11.3 Å². The van der Waals surface area contributed by atoms with E-state index in [0.29, 0.717) is 16.5 Å². The van der Waals surface area contributed by atoms with Gasteiger partial charge in [-0.15, -0.1) is 0 Å². The summed E-state index contributed by atoms with van der Waals surface area (Å²) in [6.45, 7) is 0.752. The number of nitrogens with zero attached hydrogens (tertiary/aromatic N) is 2. The highest BCUT2D eigenvalue weighted by molar-refractivity contribution is 7.80. The first-order valence-electron chi connectivity index (χ1n) is 10.3. The predicted octanol–water partition coefficient (Wildman–Crippen LogP) is 4.96. The largest absolute Gasteiger partial charge is 0.497 e. The Morgan fingerprint density at radius 3 is 2.44 bits per heavy atom. The van der Waals surface area contributed by atoms with Crippen molar-refractivity contribution >= 4 is 45.9 Å². The Balaban J connectivity index is 1.50. The Morgan fingerprint density at radius 2 is 1.69 bits per heavy atom. The molecule has 0 bridgehead atoms. The Labute approximate surface area is 191 Å². The van der Waals surface area contributed by atoms with Gasteiger partial charge >= 0.3 is 0 Å². The van der Waals surface area contributed by atoms with Crippen molar-refractivity contribution in [1.82, 2.24) is 9.88 Å². The molecule has 6 heteroatoms. The van der Waals surface area contributed by atoms with Crippen LogP contribution in [0.2, 0.25) is 0 Å². The van der Waals surface area contributed by atoms with Crippen molar-refractivity contribution in [3.05, 3.63) is 102 Å². The quantitative estimate of drug-likeness (QED) is 0.353. The monoisotopic (exact) mass is 439 g/mol. The molecule has 1 saturated heterocycles. The molecular weight excluding hydrogens is 418 g/mol. The summed E-state index contributed by atoms with van der Waals surface area (Å²) < 4.78 is 7.41. The molecule has 2 heterocycles. The van der Waals surface area contributed by atoms with Crippen LogP contribution in [0.4, 0.5) is 5.69 Å². The van der Waals surface area contributed by atoms with Crippen LogP contribution in [0.5, 0.6) is 5.75 Å². The Morgan fingerprint density at radius 1 is 0.969 bits per heavy atom. The van der Waals surface area contributed by atoms with E-state index in [1.807, 2.05) is 60.7 Å². The molecule has 1 N–H and O–H groups in total. The van der Waals surface area contributed by atoms with Gasteiger partial charge < -0.3 is 14.6 Å². The number of carbonyl (C=O) groups excluding carboxylic acids is 1. The van der Waals surface area contributed by atoms with Crippen LogP contribution in [0.3, 0.4) is 0 Å². The summed E-state index contributed by atoms with van der Waals surface area (Å²) in [7, 11) is 1.61. The number of methoxy groups -OCH3 is 1. The number of benzene rings is 3. The Hall–Kier alpha value is -3.90. The van der Waals surface area contributed by atoms with Gasteiger partial charge in [0.25, 0.3) is 5.91 Å². The zero-order valence-corrected chi connectivity index (χ0v) is 18.3. The summed E-state index contributed by atoms with van der Waals surface area (Å²) in [4.78, 5) is 14.7. The molecule has 1 aromatic heterocycles. The number of hydrogen-bond acceptors (Lipinski definition) is 3. The van der Waals surface area contributed by atoms with Gasteiger partial charge in [0.05, 0.1) is 12.8 Å². The lowest BCUT2D eigenvalue weighted by Gasteiger charge is -2.14. The fourth-order valence-corrected chi connectivity index (χ4v) is 4.26. The lowest BCUT2D eigenvalue weighted by Crippen LogP contribution is -2.30. The molecule has 1 amide bonds. The van der Waals surface area contributed by atoms with Gasteiger partial charge in [0.1, 0.15) is 11.4 Å². The average molecular weight is 440 g/mol. The maximum Gasteiger partial charge on any atom is 0.281 e. The van der Waals surface area contributed by atoms with E-state index in [1.54, 1.807) is 7.11 Å². The number of ether oxygens (including phenoxy) is 1. The number of amides is 1. The van der Waals surface area contributed by atoms with Crippen molar-refractivity contribution in [2.75, 3.05) is 12.0 Å². The summed E-state index contributed by atoms with van der Waals surface area (Å²) in [5.41, 5.74) is 4.45. The highest BCUT2D eigenvalue weighted by Crippen LogP contribution is 2.28. The van der Waals surface area contributed by atoms with Gasteiger partial charge in [-0.3, -0.25) is 9.69 Å². The lowest BCUT2D eigenvalue weighted by atomic mass is 10.1. The maximum absolute atomic E-state index is 13.2. The van der Waals surface area contributed by atoms with Gasteiger partial charge in [-0.25, -0.2) is 0 Å². The second-order valence-corrected chi connectivity index (χ2v) is 7.93. The molecule has 158 valence electrons. The fraction of sp³-hybridized carbons (Fsp3) is 0.0769. The summed E-state index contributed by atoms with van der Waals surface area (Å²) in [6.07, 6.45) is 3.96. The molecule has 5 nitrogen and oxygen atoms in total. The number of para-hydroxylation sites is 1. The van der Waals surface area contributed by atoms with Gasteiger partial charge in [0.15, 0.2) is 5.11 Å². The van der Waals surface area contributed by atoms with E-state index in [0.717, 1.165) is 28.8 Å². The van der Waals surface area contributed by atoms with Crippen molar-refractivity contribution in [2.24, 2.45) is 0 Å². The highest BCUT2D eigenvalue weighted by atomic mass is 32.1. The number of hydrogen-bond donors (Lipinski definition) is 1. The van der Waals surface area contributed by atoms with E-state index in [-0.39, 0.29) is 5.91 Å². The highest BCUT2D eigenvalue weighted by Gasteiger charge is 2.32. The smallest absolute Gasteiger partial charge is 0.281 e. The number of aromatic nitrogens is 1. The first-order chi connectivity index (χ1) is 15.6. The number of anilines is 1. The third-order valence-corrected chi connectivity index (χ3v) is 5.81. The number of carbonyl (C=O) groups is 1. The first-order valence-corrected chi connectivity index (χ1v) is 10.7. The molecule has 0 saturated carbocycles. The van der Waals surface area contributed by atoms with Crippen LogP contribution in [0.15, 0.2) is 90.8 Å².